The summed E-state index contributed by atoms with van der Waals surface area (Å²) < 4.78 is 0. The molecule has 0 aromatic carbocycles. The molecular weight excluding hydrogens is 172 g/mol. The fraction of sp³-hybridized carbons (Fsp3) is 1.00. The fourth-order valence-electron chi connectivity index (χ4n) is 2.20. The van der Waals surface area contributed by atoms with Crippen molar-refractivity contribution in [2.75, 3.05) is 19.6 Å². The van der Waals surface area contributed by atoms with Gasteiger partial charge in [-0.3, -0.25) is 0 Å². The number of hydrogen-bond donors (Lipinski definition) is 1. The predicted molar refractivity (Wildman–Crippen MR) is 62.3 cm³/mol. The van der Waals surface area contributed by atoms with Crippen molar-refractivity contribution < 1.29 is 0 Å². The van der Waals surface area contributed by atoms with Gasteiger partial charge in [-0.1, -0.05) is 20.8 Å². The van der Waals surface area contributed by atoms with Crippen molar-refractivity contribution in [1.29, 1.82) is 0 Å². The summed E-state index contributed by atoms with van der Waals surface area (Å²) in [4.78, 5) is 2.59. The number of nitrogens with two attached hydrogens (primary N) is 1. The summed E-state index contributed by atoms with van der Waals surface area (Å²) >= 11 is 0. The Morgan fingerprint density at radius 2 is 2.14 bits per heavy atom. The molecule has 0 amide bonds. The maximum Gasteiger partial charge on any atom is 0.00366 e. The first-order valence-corrected chi connectivity index (χ1v) is 6.01. The fourth-order valence-corrected chi connectivity index (χ4v) is 2.20. The molecule has 14 heavy (non-hydrogen) atoms. The van der Waals surface area contributed by atoms with Crippen LogP contribution in [0.1, 0.15) is 46.5 Å². The second kappa shape index (κ2) is 5.13. The van der Waals surface area contributed by atoms with E-state index in [1.165, 1.54) is 38.9 Å². The van der Waals surface area contributed by atoms with Crippen LogP contribution in [0.15, 0.2) is 0 Å². The van der Waals surface area contributed by atoms with Gasteiger partial charge < -0.3 is 10.6 Å². The summed E-state index contributed by atoms with van der Waals surface area (Å²) in [5, 5.41) is 0. The molecule has 0 saturated carbocycles. The summed E-state index contributed by atoms with van der Waals surface area (Å²) in [6, 6.07) is 0.422. The minimum atomic E-state index is 0.422. The van der Waals surface area contributed by atoms with Gasteiger partial charge in [-0.2, -0.15) is 0 Å². The van der Waals surface area contributed by atoms with Gasteiger partial charge in [-0.15, -0.1) is 0 Å². The van der Waals surface area contributed by atoms with E-state index in [1.54, 1.807) is 0 Å². The van der Waals surface area contributed by atoms with Gasteiger partial charge in [0.2, 0.25) is 0 Å². The highest BCUT2D eigenvalue weighted by Crippen LogP contribution is 2.28. The van der Waals surface area contributed by atoms with Crippen LogP contribution in [0, 0.1) is 5.41 Å². The lowest BCUT2D eigenvalue weighted by molar-refractivity contribution is 0.282. The molecule has 1 aliphatic heterocycles. The third-order valence-electron chi connectivity index (χ3n) is 3.33. The third-order valence-corrected chi connectivity index (χ3v) is 3.33. The van der Waals surface area contributed by atoms with E-state index in [9.17, 15) is 0 Å². The number of rotatable bonds is 5. The molecule has 1 atom stereocenters. The van der Waals surface area contributed by atoms with Crippen molar-refractivity contribution in [1.82, 2.24) is 4.90 Å². The summed E-state index contributed by atoms with van der Waals surface area (Å²) in [7, 11) is 0. The second-order valence-electron chi connectivity index (χ2n) is 5.50. The van der Waals surface area contributed by atoms with Crippen LogP contribution in [0.25, 0.3) is 0 Å². The maximum absolute atomic E-state index is 5.89. The largest absolute Gasteiger partial charge is 0.328 e. The average molecular weight is 198 g/mol. The lowest BCUT2D eigenvalue weighted by Crippen LogP contribution is -2.26. The summed E-state index contributed by atoms with van der Waals surface area (Å²) in [6.07, 6.45) is 4.93. The molecule has 1 fully saturated rings. The van der Waals surface area contributed by atoms with Gasteiger partial charge in [0.25, 0.3) is 0 Å². The Balaban J connectivity index is 2.09. The normalized spacial score (nSPS) is 24.0. The highest BCUT2D eigenvalue weighted by molar-refractivity contribution is 4.82. The molecule has 0 aromatic rings. The van der Waals surface area contributed by atoms with Crippen molar-refractivity contribution >= 4 is 0 Å². The van der Waals surface area contributed by atoms with E-state index in [-0.39, 0.29) is 0 Å². The van der Waals surface area contributed by atoms with Gasteiger partial charge in [0.1, 0.15) is 0 Å². The summed E-state index contributed by atoms with van der Waals surface area (Å²) in [5.41, 5.74) is 6.44. The molecule has 2 nitrogen and oxygen atoms in total. The van der Waals surface area contributed by atoms with Crippen LogP contribution < -0.4 is 5.73 Å². The molecule has 1 unspecified atom stereocenters. The zero-order valence-corrected chi connectivity index (χ0v) is 10.1. The smallest absolute Gasteiger partial charge is 0.00366 e. The minimum Gasteiger partial charge on any atom is -0.328 e. The van der Waals surface area contributed by atoms with E-state index < -0.39 is 0 Å². The number of nitrogens with zero attached hydrogens (tertiary/aromatic N) is 1. The van der Waals surface area contributed by atoms with Gasteiger partial charge in [-0.25, -0.2) is 0 Å². The van der Waals surface area contributed by atoms with E-state index in [1.807, 2.05) is 0 Å². The molecule has 1 heterocycles. The molecule has 1 saturated heterocycles. The van der Waals surface area contributed by atoms with Crippen molar-refractivity contribution in [3.05, 3.63) is 0 Å². The Bertz CT molecular complexity index is 166. The molecule has 1 aliphatic rings. The highest BCUT2D eigenvalue weighted by Gasteiger charge is 2.28. The Labute approximate surface area is 88.8 Å². The summed E-state index contributed by atoms with van der Waals surface area (Å²) in [5.74, 6) is 0. The predicted octanol–water partition coefficient (Wildman–Crippen LogP) is 2.24. The Morgan fingerprint density at radius 1 is 1.43 bits per heavy atom. The molecule has 2 N–H and O–H groups in total. The molecule has 84 valence electrons. The molecule has 2 heteroatoms. The van der Waals surface area contributed by atoms with Crippen LogP contribution in [0.3, 0.4) is 0 Å². The number of likely N-dealkylation sites (tertiary alicyclic amines) is 1. The van der Waals surface area contributed by atoms with E-state index in [0.717, 1.165) is 6.42 Å². The summed E-state index contributed by atoms with van der Waals surface area (Å²) in [6.45, 7) is 10.7. The first-order valence-electron chi connectivity index (χ1n) is 6.01. The first-order chi connectivity index (χ1) is 6.53. The van der Waals surface area contributed by atoms with Crippen LogP contribution in [0.2, 0.25) is 0 Å². The third kappa shape index (κ3) is 3.97. The second-order valence-corrected chi connectivity index (χ2v) is 5.50. The van der Waals surface area contributed by atoms with Crippen LogP contribution in [0.5, 0.6) is 0 Å². The molecule has 0 spiro atoms. The van der Waals surface area contributed by atoms with Gasteiger partial charge in [0, 0.05) is 12.6 Å². The highest BCUT2D eigenvalue weighted by atomic mass is 15.1. The van der Waals surface area contributed by atoms with E-state index >= 15 is 0 Å². The average Bonchev–Trinajstić information content (AvgIpc) is 2.45. The molecule has 0 radical (unpaired) electrons. The Morgan fingerprint density at radius 3 is 2.64 bits per heavy atom. The van der Waals surface area contributed by atoms with Gasteiger partial charge in [-0.05, 0) is 44.2 Å². The first kappa shape index (κ1) is 12.0. The van der Waals surface area contributed by atoms with Crippen LogP contribution in [0.4, 0.5) is 0 Å². The van der Waals surface area contributed by atoms with Gasteiger partial charge in [0.15, 0.2) is 0 Å². The Kier molecular flexibility index (Phi) is 4.39. The van der Waals surface area contributed by atoms with E-state index in [0.29, 0.717) is 11.5 Å². The van der Waals surface area contributed by atoms with Crippen LogP contribution >= 0.6 is 0 Å². The quantitative estimate of drug-likeness (QED) is 0.734. The monoisotopic (exact) mass is 198 g/mol. The molecule has 1 rings (SSSR count). The van der Waals surface area contributed by atoms with Crippen molar-refractivity contribution in [3.8, 4) is 0 Å². The van der Waals surface area contributed by atoms with Crippen LogP contribution in [-0.2, 0) is 0 Å². The molecule has 0 bridgehead atoms. The lowest BCUT2D eigenvalue weighted by atomic mass is 9.93. The van der Waals surface area contributed by atoms with E-state index in [4.69, 9.17) is 5.73 Å². The standard InChI is InChI=1S/C12H26N2/c1-4-11(13)6-5-8-14-9-7-12(2,3)10-14/h11H,4-10,13H2,1-3H3. The topological polar surface area (TPSA) is 29.3 Å². The van der Waals surface area contributed by atoms with Gasteiger partial charge >= 0.3 is 0 Å². The number of hydrogen-bond acceptors (Lipinski definition) is 2. The van der Waals surface area contributed by atoms with Crippen LogP contribution in [-0.4, -0.2) is 30.6 Å². The molecule has 0 aliphatic carbocycles. The SMILES string of the molecule is CCC(N)CCCN1CCC(C)(C)C1. The molecular formula is C12H26N2. The van der Waals surface area contributed by atoms with E-state index in [2.05, 4.69) is 25.7 Å². The zero-order chi connectivity index (χ0) is 10.6. The van der Waals surface area contributed by atoms with Crippen molar-refractivity contribution in [2.45, 2.75) is 52.5 Å². The zero-order valence-electron chi connectivity index (χ0n) is 10.1. The Hall–Kier alpha value is -0.0800. The maximum atomic E-state index is 5.89. The lowest BCUT2D eigenvalue weighted by Gasteiger charge is -2.20. The minimum absolute atomic E-state index is 0.422. The molecule has 0 aromatic heterocycles. The van der Waals surface area contributed by atoms with Crippen molar-refractivity contribution in [2.24, 2.45) is 11.1 Å². The van der Waals surface area contributed by atoms with Crippen molar-refractivity contribution in [3.63, 3.8) is 0 Å². The van der Waals surface area contributed by atoms with Gasteiger partial charge in [0.05, 0.1) is 0 Å².